The highest BCUT2D eigenvalue weighted by Gasteiger charge is 2.20. The molecular weight excluding hydrogens is 200 g/mol. The van der Waals surface area contributed by atoms with Crippen LogP contribution in [0.2, 0.25) is 0 Å². The van der Waals surface area contributed by atoms with Crippen molar-refractivity contribution in [1.29, 1.82) is 0 Å². The second-order valence-electron chi connectivity index (χ2n) is 5.23. The Morgan fingerprint density at radius 2 is 1.44 bits per heavy atom. The van der Waals surface area contributed by atoms with Gasteiger partial charge in [-0.25, -0.2) is 0 Å². The Bertz CT molecular complexity index is 350. The summed E-state index contributed by atoms with van der Waals surface area (Å²) in [5.74, 6) is 0.806. The van der Waals surface area contributed by atoms with Crippen LogP contribution in [0, 0.1) is 0 Å². The number of benzene rings is 1. The van der Waals surface area contributed by atoms with E-state index in [0.29, 0.717) is 0 Å². The molecule has 0 saturated heterocycles. The number of rotatable bonds is 3. The van der Waals surface area contributed by atoms with Gasteiger partial charge in [-0.15, -0.1) is 5.11 Å². The van der Waals surface area contributed by atoms with E-state index in [1.807, 2.05) is 65.0 Å². The van der Waals surface area contributed by atoms with Crippen LogP contribution >= 0.6 is 0 Å². The minimum absolute atomic E-state index is 0.169. The van der Waals surface area contributed by atoms with Crippen molar-refractivity contribution < 1.29 is 4.74 Å². The van der Waals surface area contributed by atoms with Gasteiger partial charge in [-0.3, -0.25) is 0 Å². The van der Waals surface area contributed by atoms with Crippen LogP contribution in [0.3, 0.4) is 0 Å². The smallest absolute Gasteiger partial charge is 0.213 e. The Hall–Kier alpha value is -1.38. The van der Waals surface area contributed by atoms with Gasteiger partial charge in [0.15, 0.2) is 0 Å². The summed E-state index contributed by atoms with van der Waals surface area (Å²) in [4.78, 5) is 0. The zero-order valence-corrected chi connectivity index (χ0v) is 10.7. The van der Waals surface area contributed by atoms with E-state index in [9.17, 15) is 0 Å². The van der Waals surface area contributed by atoms with Gasteiger partial charge >= 0.3 is 0 Å². The zero-order chi connectivity index (χ0) is 12.2. The molecule has 0 saturated carbocycles. The molecule has 3 nitrogen and oxygen atoms in total. The summed E-state index contributed by atoms with van der Waals surface area (Å²) >= 11 is 0. The van der Waals surface area contributed by atoms with Crippen LogP contribution in [0.15, 0.2) is 40.6 Å². The fourth-order valence-corrected chi connectivity index (χ4v) is 1.07. The molecule has 1 aromatic carbocycles. The SMILES string of the molecule is CC(C)(C)N=NC(C)(C)Oc1ccccc1. The number of hydrogen-bond donors (Lipinski definition) is 0. The predicted molar refractivity (Wildman–Crippen MR) is 65.8 cm³/mol. The lowest BCUT2D eigenvalue weighted by atomic mass is 10.1. The fraction of sp³-hybridized carbons (Fsp3) is 0.538. The van der Waals surface area contributed by atoms with Crippen LogP contribution < -0.4 is 4.74 Å². The molecule has 0 fully saturated rings. The third-order valence-corrected chi connectivity index (χ3v) is 1.70. The maximum absolute atomic E-state index is 5.74. The van der Waals surface area contributed by atoms with Crippen LogP contribution in [0.1, 0.15) is 34.6 Å². The van der Waals surface area contributed by atoms with Gasteiger partial charge in [0, 0.05) is 0 Å². The number of nitrogens with zero attached hydrogens (tertiary/aromatic N) is 2. The van der Waals surface area contributed by atoms with E-state index >= 15 is 0 Å². The molecule has 0 atom stereocenters. The molecule has 0 spiro atoms. The average molecular weight is 220 g/mol. The molecule has 0 aromatic heterocycles. The highest BCUT2D eigenvalue weighted by molar-refractivity contribution is 5.21. The minimum atomic E-state index is -0.630. The Morgan fingerprint density at radius 3 is 1.94 bits per heavy atom. The molecule has 0 radical (unpaired) electrons. The monoisotopic (exact) mass is 220 g/mol. The quantitative estimate of drug-likeness (QED) is 0.707. The topological polar surface area (TPSA) is 34.0 Å². The van der Waals surface area contributed by atoms with Crippen molar-refractivity contribution in [1.82, 2.24) is 0 Å². The summed E-state index contributed by atoms with van der Waals surface area (Å²) in [6, 6.07) is 9.65. The van der Waals surface area contributed by atoms with E-state index in [1.165, 1.54) is 0 Å². The second-order valence-corrected chi connectivity index (χ2v) is 5.23. The largest absolute Gasteiger partial charge is 0.465 e. The van der Waals surface area contributed by atoms with Gasteiger partial charge in [0.05, 0.1) is 5.54 Å². The number of hydrogen-bond acceptors (Lipinski definition) is 3. The first-order chi connectivity index (χ1) is 7.29. The molecule has 1 aromatic rings. The molecule has 0 N–H and O–H groups in total. The molecule has 0 bridgehead atoms. The van der Waals surface area contributed by atoms with Gasteiger partial charge < -0.3 is 4.74 Å². The molecule has 1 rings (SSSR count). The molecule has 0 aliphatic rings. The van der Waals surface area contributed by atoms with Crippen LogP contribution in [-0.4, -0.2) is 11.3 Å². The third-order valence-electron chi connectivity index (χ3n) is 1.70. The molecule has 0 amide bonds. The van der Waals surface area contributed by atoms with Gasteiger partial charge in [0.2, 0.25) is 5.72 Å². The van der Waals surface area contributed by atoms with Crippen molar-refractivity contribution in [2.45, 2.75) is 45.9 Å². The van der Waals surface area contributed by atoms with E-state index in [0.717, 1.165) is 5.75 Å². The van der Waals surface area contributed by atoms with Gasteiger partial charge in [0.1, 0.15) is 5.75 Å². The van der Waals surface area contributed by atoms with Crippen molar-refractivity contribution in [3.63, 3.8) is 0 Å². The first kappa shape index (κ1) is 12.7. The van der Waals surface area contributed by atoms with E-state index < -0.39 is 5.72 Å². The van der Waals surface area contributed by atoms with Crippen molar-refractivity contribution in [3.05, 3.63) is 30.3 Å². The molecule has 16 heavy (non-hydrogen) atoms. The lowest BCUT2D eigenvalue weighted by molar-refractivity contribution is 0.107. The lowest BCUT2D eigenvalue weighted by Gasteiger charge is -2.22. The summed E-state index contributed by atoms with van der Waals surface area (Å²) in [7, 11) is 0. The molecule has 0 aliphatic carbocycles. The summed E-state index contributed by atoms with van der Waals surface area (Å²) in [6.45, 7) is 9.82. The van der Waals surface area contributed by atoms with Crippen LogP contribution in [0.4, 0.5) is 0 Å². The highest BCUT2D eigenvalue weighted by atomic mass is 16.5. The second kappa shape index (κ2) is 4.64. The van der Waals surface area contributed by atoms with Crippen molar-refractivity contribution in [3.8, 4) is 5.75 Å². The number of ether oxygens (including phenoxy) is 1. The summed E-state index contributed by atoms with van der Waals surface area (Å²) in [5.41, 5.74) is -0.800. The summed E-state index contributed by atoms with van der Waals surface area (Å²) in [5, 5.41) is 8.45. The molecule has 0 aliphatic heterocycles. The Morgan fingerprint density at radius 1 is 0.875 bits per heavy atom. The zero-order valence-electron chi connectivity index (χ0n) is 10.7. The van der Waals surface area contributed by atoms with Crippen molar-refractivity contribution in [2.24, 2.45) is 10.2 Å². The lowest BCUT2D eigenvalue weighted by Crippen LogP contribution is -2.26. The number of para-hydroxylation sites is 1. The van der Waals surface area contributed by atoms with E-state index in [2.05, 4.69) is 10.2 Å². The minimum Gasteiger partial charge on any atom is -0.465 e. The maximum atomic E-state index is 5.74. The number of azo groups is 1. The summed E-state index contributed by atoms with van der Waals surface area (Å²) in [6.07, 6.45) is 0. The molecule has 0 unspecified atom stereocenters. The van der Waals surface area contributed by atoms with Crippen LogP contribution in [0.5, 0.6) is 5.75 Å². The van der Waals surface area contributed by atoms with E-state index in [1.54, 1.807) is 0 Å². The first-order valence-electron chi connectivity index (χ1n) is 5.47. The maximum Gasteiger partial charge on any atom is 0.213 e. The Balaban J connectivity index is 2.69. The van der Waals surface area contributed by atoms with Gasteiger partial charge in [-0.05, 0) is 46.8 Å². The van der Waals surface area contributed by atoms with Crippen molar-refractivity contribution >= 4 is 0 Å². The first-order valence-corrected chi connectivity index (χ1v) is 5.47. The normalized spacial score (nSPS) is 13.1. The molecule has 0 heterocycles. The van der Waals surface area contributed by atoms with E-state index in [4.69, 9.17) is 4.74 Å². The predicted octanol–water partition coefficient (Wildman–Crippen LogP) is 4.05. The third kappa shape index (κ3) is 4.91. The molecular formula is C13H20N2O. The molecule has 3 heteroatoms. The van der Waals surface area contributed by atoms with Crippen molar-refractivity contribution in [2.75, 3.05) is 0 Å². The van der Waals surface area contributed by atoms with Gasteiger partial charge in [-0.2, -0.15) is 5.11 Å². The average Bonchev–Trinajstić information content (AvgIpc) is 2.15. The molecule has 88 valence electrons. The van der Waals surface area contributed by atoms with Gasteiger partial charge in [-0.1, -0.05) is 18.2 Å². The Kier molecular flexibility index (Phi) is 3.68. The summed E-state index contributed by atoms with van der Waals surface area (Å²) < 4.78 is 5.74. The van der Waals surface area contributed by atoms with Crippen LogP contribution in [0.25, 0.3) is 0 Å². The van der Waals surface area contributed by atoms with Crippen LogP contribution in [-0.2, 0) is 0 Å². The fourth-order valence-electron chi connectivity index (χ4n) is 1.07. The van der Waals surface area contributed by atoms with Gasteiger partial charge in [0.25, 0.3) is 0 Å². The van der Waals surface area contributed by atoms with E-state index in [-0.39, 0.29) is 5.54 Å². The highest BCUT2D eigenvalue weighted by Crippen LogP contribution is 2.20. The Labute approximate surface area is 97.5 Å². The standard InChI is InChI=1S/C13H20N2O/c1-12(2,3)14-15-13(4,5)16-11-9-7-6-8-10-11/h6-10H,1-5H3.